The summed E-state index contributed by atoms with van der Waals surface area (Å²) in [6.45, 7) is 3.09. The van der Waals surface area contributed by atoms with Gasteiger partial charge >= 0.3 is 0 Å². The van der Waals surface area contributed by atoms with E-state index in [-0.39, 0.29) is 6.61 Å². The van der Waals surface area contributed by atoms with Crippen LogP contribution in [0, 0.1) is 5.92 Å². The van der Waals surface area contributed by atoms with E-state index in [1.807, 2.05) is 24.4 Å². The highest BCUT2D eigenvalue weighted by Crippen LogP contribution is 2.19. The topological polar surface area (TPSA) is 23.5 Å². The molecule has 1 aliphatic rings. The van der Waals surface area contributed by atoms with Gasteiger partial charge in [-0.1, -0.05) is 43.3 Å². The molecule has 2 rings (SSSR count). The van der Waals surface area contributed by atoms with Crippen LogP contribution in [0.5, 0.6) is 0 Å². The highest BCUT2D eigenvalue weighted by Gasteiger charge is 2.11. The number of benzene rings is 1. The van der Waals surface area contributed by atoms with E-state index in [9.17, 15) is 5.11 Å². The maximum absolute atomic E-state index is 9.22. The van der Waals surface area contributed by atoms with Gasteiger partial charge in [0.05, 0.1) is 6.61 Å². The van der Waals surface area contributed by atoms with Gasteiger partial charge in [0.15, 0.2) is 0 Å². The quantitative estimate of drug-likeness (QED) is 0.837. The van der Waals surface area contributed by atoms with Crippen LogP contribution in [0.3, 0.4) is 0 Å². The molecule has 1 N–H and O–H groups in total. The predicted octanol–water partition coefficient (Wildman–Crippen LogP) is 2.53. The zero-order valence-corrected chi connectivity index (χ0v) is 9.50. The normalized spacial score (nSPS) is 19.8. The molecule has 0 aliphatic carbocycles. The largest absolute Gasteiger partial charge is 0.392 e. The van der Waals surface area contributed by atoms with Crippen molar-refractivity contribution in [3.8, 4) is 0 Å². The van der Waals surface area contributed by atoms with Gasteiger partial charge in [-0.3, -0.25) is 0 Å². The third-order valence-corrected chi connectivity index (χ3v) is 2.87. The smallest absolute Gasteiger partial charge is 0.0664 e. The van der Waals surface area contributed by atoms with Crippen molar-refractivity contribution in [2.45, 2.75) is 13.5 Å². The standard InChI is InChI=1S/C14H17NO/c1-12-7-8-15(10-14(12)11-16)9-13-5-3-2-4-6-13/h2-8,10,12,16H,9,11H2,1H3. The summed E-state index contributed by atoms with van der Waals surface area (Å²) in [5.74, 6) is 0.344. The first-order valence-corrected chi connectivity index (χ1v) is 5.59. The molecule has 1 aromatic rings. The summed E-state index contributed by atoms with van der Waals surface area (Å²) in [5, 5.41) is 9.22. The minimum atomic E-state index is 0.136. The van der Waals surface area contributed by atoms with Crippen LogP contribution in [0.1, 0.15) is 12.5 Å². The van der Waals surface area contributed by atoms with Gasteiger partial charge in [0, 0.05) is 24.9 Å². The molecular weight excluding hydrogens is 198 g/mol. The Kier molecular flexibility index (Phi) is 3.42. The summed E-state index contributed by atoms with van der Waals surface area (Å²) in [6, 6.07) is 10.3. The number of rotatable bonds is 3. The van der Waals surface area contributed by atoms with Gasteiger partial charge in [-0.05, 0) is 11.1 Å². The summed E-state index contributed by atoms with van der Waals surface area (Å²) in [4.78, 5) is 2.11. The fraction of sp³-hybridized carbons (Fsp3) is 0.286. The predicted molar refractivity (Wildman–Crippen MR) is 65.5 cm³/mol. The second kappa shape index (κ2) is 4.99. The molecule has 0 saturated carbocycles. The van der Waals surface area contributed by atoms with Crippen LogP contribution >= 0.6 is 0 Å². The summed E-state index contributed by atoms with van der Waals surface area (Å²) >= 11 is 0. The van der Waals surface area contributed by atoms with Gasteiger partial charge in [0.25, 0.3) is 0 Å². The Balaban J connectivity index is 2.07. The summed E-state index contributed by atoms with van der Waals surface area (Å²) in [6.07, 6.45) is 6.24. The first-order valence-electron chi connectivity index (χ1n) is 5.59. The molecule has 0 amide bonds. The Labute approximate surface area is 96.5 Å². The van der Waals surface area contributed by atoms with Crippen molar-refractivity contribution in [2.24, 2.45) is 5.92 Å². The second-order valence-corrected chi connectivity index (χ2v) is 4.15. The maximum Gasteiger partial charge on any atom is 0.0664 e. The minimum Gasteiger partial charge on any atom is -0.392 e. The van der Waals surface area contributed by atoms with Gasteiger partial charge in [-0.15, -0.1) is 0 Å². The van der Waals surface area contributed by atoms with Crippen LogP contribution in [0.2, 0.25) is 0 Å². The highest BCUT2D eigenvalue weighted by atomic mass is 16.3. The Morgan fingerprint density at radius 2 is 2.00 bits per heavy atom. The van der Waals surface area contributed by atoms with Gasteiger partial charge in [-0.25, -0.2) is 0 Å². The Hall–Kier alpha value is -1.54. The van der Waals surface area contributed by atoms with E-state index >= 15 is 0 Å². The van der Waals surface area contributed by atoms with E-state index in [1.54, 1.807) is 0 Å². The lowest BCUT2D eigenvalue weighted by Crippen LogP contribution is -2.17. The van der Waals surface area contributed by atoms with Gasteiger partial charge < -0.3 is 10.0 Å². The Bertz CT molecular complexity index is 394. The number of aliphatic hydroxyl groups is 1. The fourth-order valence-electron chi connectivity index (χ4n) is 1.81. The van der Waals surface area contributed by atoms with E-state index in [2.05, 4.69) is 36.2 Å². The fourth-order valence-corrected chi connectivity index (χ4v) is 1.81. The van der Waals surface area contributed by atoms with Crippen LogP contribution in [0.4, 0.5) is 0 Å². The Morgan fingerprint density at radius 1 is 1.25 bits per heavy atom. The molecule has 0 spiro atoms. The van der Waals surface area contributed by atoms with Crippen molar-refractivity contribution >= 4 is 0 Å². The SMILES string of the molecule is CC1C=CN(Cc2ccccc2)C=C1CO. The van der Waals surface area contributed by atoms with E-state index in [1.165, 1.54) is 5.56 Å². The van der Waals surface area contributed by atoms with Crippen LogP contribution in [-0.4, -0.2) is 16.6 Å². The summed E-state index contributed by atoms with van der Waals surface area (Å²) < 4.78 is 0. The first kappa shape index (κ1) is 11.0. The average molecular weight is 215 g/mol. The lowest BCUT2D eigenvalue weighted by molar-refractivity contribution is 0.313. The first-order chi connectivity index (χ1) is 7.79. The Morgan fingerprint density at radius 3 is 2.69 bits per heavy atom. The molecule has 2 nitrogen and oxygen atoms in total. The van der Waals surface area contributed by atoms with Crippen molar-refractivity contribution in [3.63, 3.8) is 0 Å². The number of hydrogen-bond acceptors (Lipinski definition) is 2. The van der Waals surface area contributed by atoms with Gasteiger partial charge in [0.2, 0.25) is 0 Å². The molecule has 84 valence electrons. The molecule has 1 unspecified atom stereocenters. The number of aliphatic hydroxyl groups excluding tert-OH is 1. The lowest BCUT2D eigenvalue weighted by Gasteiger charge is -2.24. The molecule has 0 bridgehead atoms. The summed E-state index contributed by atoms with van der Waals surface area (Å²) in [7, 11) is 0. The second-order valence-electron chi connectivity index (χ2n) is 4.15. The molecule has 0 saturated heterocycles. The van der Waals surface area contributed by atoms with Gasteiger partial charge in [-0.2, -0.15) is 0 Å². The monoisotopic (exact) mass is 215 g/mol. The van der Waals surface area contributed by atoms with Crippen molar-refractivity contribution < 1.29 is 5.11 Å². The molecule has 0 radical (unpaired) electrons. The molecule has 1 heterocycles. The lowest BCUT2D eigenvalue weighted by atomic mass is 10.0. The molecule has 1 aromatic carbocycles. The molecule has 16 heavy (non-hydrogen) atoms. The number of allylic oxidation sites excluding steroid dienone is 1. The van der Waals surface area contributed by atoms with Crippen molar-refractivity contribution in [1.82, 2.24) is 4.90 Å². The molecular formula is C14H17NO. The van der Waals surface area contributed by atoms with E-state index in [0.29, 0.717) is 5.92 Å². The van der Waals surface area contributed by atoms with Crippen molar-refractivity contribution in [3.05, 3.63) is 59.9 Å². The van der Waals surface area contributed by atoms with E-state index < -0.39 is 0 Å². The third kappa shape index (κ3) is 2.52. The van der Waals surface area contributed by atoms with Crippen LogP contribution in [-0.2, 0) is 6.54 Å². The third-order valence-electron chi connectivity index (χ3n) is 2.87. The highest BCUT2D eigenvalue weighted by molar-refractivity contribution is 5.21. The van der Waals surface area contributed by atoms with E-state index in [0.717, 1.165) is 12.1 Å². The minimum absolute atomic E-state index is 0.136. The van der Waals surface area contributed by atoms with Crippen LogP contribution < -0.4 is 0 Å². The molecule has 1 aliphatic heterocycles. The summed E-state index contributed by atoms with van der Waals surface area (Å²) in [5.41, 5.74) is 2.34. The van der Waals surface area contributed by atoms with Crippen LogP contribution in [0.25, 0.3) is 0 Å². The zero-order valence-electron chi connectivity index (χ0n) is 9.50. The maximum atomic E-state index is 9.22. The zero-order chi connectivity index (χ0) is 11.4. The molecule has 0 fully saturated rings. The average Bonchev–Trinajstić information content (AvgIpc) is 2.33. The van der Waals surface area contributed by atoms with Crippen LogP contribution in [0.15, 0.2) is 54.4 Å². The molecule has 2 heteroatoms. The van der Waals surface area contributed by atoms with E-state index in [4.69, 9.17) is 0 Å². The van der Waals surface area contributed by atoms with Crippen molar-refractivity contribution in [2.75, 3.05) is 6.61 Å². The molecule has 0 aromatic heterocycles. The molecule has 1 atom stereocenters. The number of nitrogens with zero attached hydrogens (tertiary/aromatic N) is 1. The number of hydrogen-bond donors (Lipinski definition) is 1. The van der Waals surface area contributed by atoms with Crippen molar-refractivity contribution in [1.29, 1.82) is 0 Å². The van der Waals surface area contributed by atoms with Gasteiger partial charge in [0.1, 0.15) is 0 Å².